The van der Waals surface area contributed by atoms with Gasteiger partial charge in [-0.3, -0.25) is 43.3 Å². The van der Waals surface area contributed by atoms with Crippen molar-refractivity contribution in [1.82, 2.24) is 41.0 Å². The third-order valence-corrected chi connectivity index (χ3v) is 14.9. The molecule has 0 saturated heterocycles. The van der Waals surface area contributed by atoms with Crippen molar-refractivity contribution < 1.29 is 66.9 Å². The summed E-state index contributed by atoms with van der Waals surface area (Å²) in [6.07, 6.45) is 5.92. The second kappa shape index (κ2) is 32.4. The molecule has 4 rings (SSSR count). The van der Waals surface area contributed by atoms with E-state index in [-0.39, 0.29) is 78.8 Å². The number of amides is 8. The van der Waals surface area contributed by atoms with Crippen molar-refractivity contribution in [2.24, 2.45) is 17.1 Å². The maximum Gasteiger partial charge on any atom is 0.328 e. The molecule has 8 amide bonds. The lowest BCUT2D eigenvalue weighted by Gasteiger charge is -2.41. The largest absolute Gasteiger partial charge is 0.480 e. The summed E-state index contributed by atoms with van der Waals surface area (Å²) in [5.41, 5.74) is 7.48. The number of imide groups is 1. The fourth-order valence-electron chi connectivity index (χ4n) is 8.69. The van der Waals surface area contributed by atoms with Gasteiger partial charge in [0.1, 0.15) is 35.8 Å². The van der Waals surface area contributed by atoms with E-state index in [1.54, 1.807) is 31.0 Å². The van der Waals surface area contributed by atoms with Crippen LogP contribution in [0.5, 0.6) is 0 Å². The summed E-state index contributed by atoms with van der Waals surface area (Å²) in [4.78, 5) is 129. The summed E-state index contributed by atoms with van der Waals surface area (Å²) in [6.45, 7) is 11.2. The summed E-state index contributed by atoms with van der Waals surface area (Å²) in [5.74, 6) is -9.48. The number of aliphatic carboxylic acids is 2. The number of thioether (sulfide) groups is 2. The van der Waals surface area contributed by atoms with Gasteiger partial charge in [0.2, 0.25) is 35.4 Å². The van der Waals surface area contributed by atoms with Gasteiger partial charge in [0, 0.05) is 85.7 Å². The highest BCUT2D eigenvalue weighted by atomic mass is 32.2. The standard InChI is InChI=1S/C56H75F2N9O12S2/c1-34(2)50(64-44(68)16-11-8-12-23-66-47(71)19-20-48(66)72)53(75)61-35(3)52(74)63-42(55(78)79)31-81-32-46(70)60-28-41(54(76)77)62-45(69)21-25-80-33-49(73)67(24-13-22-59)51(56(4,5)6)43-26-37(39-27-38(57)17-18-40(39)58)30-65(43)29-36-14-9-7-10-15-36/h7,9-10,14-15,17-20,26-27,30,34-35,41-42,50-51H,8,11-13,16,21-25,28-29,31-33,59H2,1-6H3,(H,60,70)(H,61,75)(H,62,69)(H,63,74)(H,64,68)(H,76,77)(H,78,79). The monoisotopic (exact) mass is 1170 g/mol. The van der Waals surface area contributed by atoms with Crippen LogP contribution in [-0.2, 0) is 54.5 Å². The molecule has 1 aliphatic rings. The van der Waals surface area contributed by atoms with Crippen LogP contribution in [0.25, 0.3) is 11.1 Å². The lowest BCUT2D eigenvalue weighted by molar-refractivity contribution is -0.142. The number of carbonyl (C=O) groups excluding carboxylic acids is 8. The molecule has 1 aromatic heterocycles. The number of carbonyl (C=O) groups is 10. The van der Waals surface area contributed by atoms with E-state index in [0.717, 1.165) is 52.2 Å². The Morgan fingerprint density at radius 3 is 2.04 bits per heavy atom. The van der Waals surface area contributed by atoms with Crippen LogP contribution in [-0.4, -0.2) is 157 Å². The van der Waals surface area contributed by atoms with E-state index in [1.807, 2.05) is 55.7 Å². The molecule has 0 bridgehead atoms. The second-order valence-corrected chi connectivity index (χ2v) is 23.0. The SMILES string of the molecule is CC(NC(=O)C(NC(=O)CCCCCN1C(=O)C=CC1=O)C(C)C)C(=O)NC(CSCC(=O)NCC(NC(=O)CCSCC(=O)N(CCCN)C(c1cc(-c2cc(F)ccc2F)cn1Cc1ccccc1)C(C)(C)C)C(=O)O)C(=O)O. The quantitative estimate of drug-likeness (QED) is 0.0310. The summed E-state index contributed by atoms with van der Waals surface area (Å²) in [6, 6.07) is 8.67. The van der Waals surface area contributed by atoms with Gasteiger partial charge in [0.25, 0.3) is 11.8 Å². The van der Waals surface area contributed by atoms with E-state index < -0.39 is 101 Å². The molecule has 25 heteroatoms. The zero-order chi connectivity index (χ0) is 60.0. The molecule has 0 spiro atoms. The molecule has 1 aliphatic heterocycles. The van der Waals surface area contributed by atoms with Crippen LogP contribution in [0, 0.1) is 23.0 Å². The smallest absolute Gasteiger partial charge is 0.328 e. The number of carboxylic acid groups (broad SMARTS) is 2. The molecule has 5 unspecified atom stereocenters. The molecule has 3 aromatic rings. The maximum atomic E-state index is 15.2. The lowest BCUT2D eigenvalue weighted by atomic mass is 9.83. The Balaban J connectivity index is 1.24. The molecule has 21 nitrogen and oxygen atoms in total. The summed E-state index contributed by atoms with van der Waals surface area (Å²) >= 11 is 1.97. The Hall–Kier alpha value is -7.12. The van der Waals surface area contributed by atoms with Crippen molar-refractivity contribution in [3.05, 3.63) is 95.8 Å². The number of aromatic nitrogens is 1. The Labute approximate surface area is 478 Å². The number of hydrogen-bond donors (Lipinski definition) is 8. The van der Waals surface area contributed by atoms with Crippen molar-refractivity contribution in [2.75, 3.05) is 49.2 Å². The van der Waals surface area contributed by atoms with Gasteiger partial charge in [-0.2, -0.15) is 11.8 Å². The molecular formula is C56H75F2N9O12S2. The van der Waals surface area contributed by atoms with Crippen LogP contribution in [0.2, 0.25) is 0 Å². The maximum absolute atomic E-state index is 15.2. The molecular weight excluding hydrogens is 1090 g/mol. The third-order valence-electron chi connectivity index (χ3n) is 12.9. The highest BCUT2D eigenvalue weighted by Gasteiger charge is 2.37. The molecule has 5 atom stereocenters. The molecule has 0 saturated carbocycles. The average molecular weight is 1170 g/mol. The van der Waals surface area contributed by atoms with Crippen LogP contribution in [0.1, 0.15) is 97.4 Å². The van der Waals surface area contributed by atoms with E-state index in [2.05, 4.69) is 26.6 Å². The average Bonchev–Trinajstić information content (AvgIpc) is 4.07. The molecule has 9 N–H and O–H groups in total. The molecule has 81 heavy (non-hydrogen) atoms. The van der Waals surface area contributed by atoms with E-state index in [4.69, 9.17) is 5.73 Å². The van der Waals surface area contributed by atoms with Gasteiger partial charge in [-0.1, -0.05) is 71.4 Å². The normalized spacial score (nSPS) is 14.2. The van der Waals surface area contributed by atoms with E-state index in [0.29, 0.717) is 43.5 Å². The predicted octanol–water partition coefficient (Wildman–Crippen LogP) is 3.99. The highest BCUT2D eigenvalue weighted by Crippen LogP contribution is 2.41. The predicted molar refractivity (Wildman–Crippen MR) is 303 cm³/mol. The van der Waals surface area contributed by atoms with Crippen molar-refractivity contribution in [3.63, 3.8) is 0 Å². The van der Waals surface area contributed by atoms with Gasteiger partial charge >= 0.3 is 11.9 Å². The first-order valence-corrected chi connectivity index (χ1v) is 28.9. The number of unbranched alkanes of at least 4 members (excludes halogenated alkanes) is 2. The number of hydrogen-bond acceptors (Lipinski definition) is 13. The van der Waals surface area contributed by atoms with Gasteiger partial charge in [0.05, 0.1) is 17.5 Å². The molecule has 2 heterocycles. The second-order valence-electron chi connectivity index (χ2n) is 20.9. The summed E-state index contributed by atoms with van der Waals surface area (Å²) in [5, 5.41) is 31.9. The van der Waals surface area contributed by atoms with Gasteiger partial charge in [-0.15, -0.1) is 11.8 Å². The van der Waals surface area contributed by atoms with Crippen molar-refractivity contribution >= 4 is 82.7 Å². The number of nitrogens with two attached hydrogens (primary N) is 1. The number of rotatable bonds is 34. The number of nitrogens with zero attached hydrogens (tertiary/aromatic N) is 3. The first kappa shape index (κ1) is 66.4. The van der Waals surface area contributed by atoms with Gasteiger partial charge < -0.3 is 52.0 Å². The molecule has 0 fully saturated rings. The van der Waals surface area contributed by atoms with Crippen LogP contribution in [0.15, 0.2) is 72.9 Å². The Morgan fingerprint density at radius 2 is 1.41 bits per heavy atom. The number of nitrogens with one attached hydrogen (secondary N) is 5. The molecule has 0 radical (unpaired) electrons. The molecule has 442 valence electrons. The minimum atomic E-state index is -1.54. The molecule has 2 aromatic carbocycles. The zero-order valence-corrected chi connectivity index (χ0v) is 48.1. The number of halogens is 2. The first-order valence-electron chi connectivity index (χ1n) is 26.6. The van der Waals surface area contributed by atoms with Gasteiger partial charge in [-0.25, -0.2) is 18.4 Å². The number of carboxylic acids is 2. The van der Waals surface area contributed by atoms with Crippen molar-refractivity contribution in [1.29, 1.82) is 0 Å². The van der Waals surface area contributed by atoms with E-state index >= 15 is 4.39 Å². The van der Waals surface area contributed by atoms with E-state index in [9.17, 15) is 62.5 Å². The van der Waals surface area contributed by atoms with Crippen molar-refractivity contribution in [3.8, 4) is 11.1 Å². The van der Waals surface area contributed by atoms with E-state index in [1.165, 1.54) is 19.1 Å². The topological polar surface area (TPSA) is 309 Å². The molecule has 0 aliphatic carbocycles. The summed E-state index contributed by atoms with van der Waals surface area (Å²) in [7, 11) is 0. The first-order chi connectivity index (χ1) is 38.3. The Kier molecular flexibility index (Phi) is 26.5. The van der Waals surface area contributed by atoms with Crippen LogP contribution in [0.4, 0.5) is 8.78 Å². The van der Waals surface area contributed by atoms with Crippen LogP contribution in [0.3, 0.4) is 0 Å². The van der Waals surface area contributed by atoms with Crippen LogP contribution < -0.4 is 32.3 Å². The fraction of sp³-hybridized carbons (Fsp3) is 0.500. The number of benzene rings is 2. The Morgan fingerprint density at radius 1 is 0.741 bits per heavy atom. The third kappa shape index (κ3) is 21.4. The fourth-order valence-corrected chi connectivity index (χ4v) is 10.4. The minimum Gasteiger partial charge on any atom is -0.480 e. The highest BCUT2D eigenvalue weighted by molar-refractivity contribution is 8.00. The minimum absolute atomic E-state index is 0.0625. The zero-order valence-electron chi connectivity index (χ0n) is 46.5. The Bertz CT molecular complexity index is 2720. The van der Waals surface area contributed by atoms with Gasteiger partial charge in [0.15, 0.2) is 0 Å². The van der Waals surface area contributed by atoms with Crippen LogP contribution >= 0.6 is 23.5 Å². The van der Waals surface area contributed by atoms with Crippen molar-refractivity contribution in [2.45, 2.75) is 117 Å². The summed E-state index contributed by atoms with van der Waals surface area (Å²) < 4.78 is 31.6. The lowest BCUT2D eigenvalue weighted by Crippen LogP contribution is -2.56. The van der Waals surface area contributed by atoms with Gasteiger partial charge in [-0.05, 0) is 73.9 Å².